The molecule has 6 heteroatoms. The van der Waals surface area contributed by atoms with E-state index in [9.17, 15) is 9.59 Å². The third-order valence-electron chi connectivity index (χ3n) is 3.46. The van der Waals surface area contributed by atoms with Crippen molar-refractivity contribution >= 4 is 47.5 Å². The van der Waals surface area contributed by atoms with E-state index in [0.29, 0.717) is 15.6 Å². The maximum Gasteiger partial charge on any atom is 0.251 e. The predicted octanol–water partition coefficient (Wildman–Crippen LogP) is 4.14. The minimum atomic E-state index is -0.681. The molecule has 0 aliphatic heterocycles. The molecule has 0 radical (unpaired) electrons. The number of ketones is 1. The van der Waals surface area contributed by atoms with Gasteiger partial charge in [0.2, 0.25) is 0 Å². The summed E-state index contributed by atoms with van der Waals surface area (Å²) in [4.78, 5) is 24.8. The molecular weight excluding hydrogens is 365 g/mol. The average molecular weight is 382 g/mol. The Hall–Kier alpha value is -1.49. The van der Waals surface area contributed by atoms with Crippen molar-refractivity contribution in [3.8, 4) is 0 Å². The zero-order valence-corrected chi connectivity index (χ0v) is 15.5. The number of nitrogens with one attached hydrogen (secondary N) is 1. The number of hydrogen-bond acceptors (Lipinski definition) is 3. The Balaban J connectivity index is 2.07. The van der Waals surface area contributed by atoms with Gasteiger partial charge in [0.05, 0.1) is 6.04 Å². The SMILES string of the molecule is Cc1cccc(CC(=O)[C@@H](CS)NC(=O)c2cc(Cl)cc(Cl)c2)c1. The molecule has 0 unspecified atom stereocenters. The van der Waals surface area contributed by atoms with Crippen LogP contribution in [0.2, 0.25) is 10.0 Å². The van der Waals surface area contributed by atoms with Crippen LogP contribution in [0, 0.1) is 6.92 Å². The fraction of sp³-hybridized carbons (Fsp3) is 0.222. The Bertz CT molecular complexity index is 744. The van der Waals surface area contributed by atoms with E-state index in [-0.39, 0.29) is 18.0 Å². The fourth-order valence-electron chi connectivity index (χ4n) is 2.30. The summed E-state index contributed by atoms with van der Waals surface area (Å²) in [6, 6.07) is 11.6. The van der Waals surface area contributed by atoms with Crippen molar-refractivity contribution in [2.24, 2.45) is 0 Å². The molecule has 2 aromatic carbocycles. The molecule has 0 bridgehead atoms. The van der Waals surface area contributed by atoms with Gasteiger partial charge in [-0.2, -0.15) is 12.6 Å². The minimum absolute atomic E-state index is 0.0999. The highest BCUT2D eigenvalue weighted by Gasteiger charge is 2.20. The average Bonchev–Trinajstić information content (AvgIpc) is 2.51. The molecule has 24 heavy (non-hydrogen) atoms. The summed E-state index contributed by atoms with van der Waals surface area (Å²) in [6.45, 7) is 1.97. The fourth-order valence-corrected chi connectivity index (χ4v) is 3.12. The Morgan fingerprint density at radius 1 is 1.12 bits per heavy atom. The molecule has 0 aromatic heterocycles. The normalized spacial score (nSPS) is 11.8. The van der Waals surface area contributed by atoms with Crippen LogP contribution in [0.25, 0.3) is 0 Å². The Morgan fingerprint density at radius 2 is 1.79 bits per heavy atom. The van der Waals surface area contributed by atoms with Gasteiger partial charge in [0.15, 0.2) is 5.78 Å². The molecule has 2 rings (SSSR count). The maximum atomic E-state index is 12.4. The number of amides is 1. The first-order valence-electron chi connectivity index (χ1n) is 7.35. The number of aryl methyl sites for hydroxylation is 1. The van der Waals surface area contributed by atoms with Crippen LogP contribution < -0.4 is 5.32 Å². The van der Waals surface area contributed by atoms with Gasteiger partial charge in [-0.05, 0) is 30.7 Å². The van der Waals surface area contributed by atoms with Gasteiger partial charge in [0.1, 0.15) is 0 Å². The molecule has 0 fully saturated rings. The van der Waals surface area contributed by atoms with Crippen molar-refractivity contribution in [2.45, 2.75) is 19.4 Å². The van der Waals surface area contributed by atoms with Crippen LogP contribution in [0.1, 0.15) is 21.5 Å². The molecule has 1 N–H and O–H groups in total. The van der Waals surface area contributed by atoms with Crippen LogP contribution in [-0.2, 0) is 11.2 Å². The summed E-state index contributed by atoms with van der Waals surface area (Å²) in [5.41, 5.74) is 2.30. The molecule has 0 heterocycles. The first-order chi connectivity index (χ1) is 11.4. The standard InChI is InChI=1S/C18H17Cl2NO2S/c1-11-3-2-4-12(5-11)6-17(22)16(10-24)21-18(23)13-7-14(19)9-15(20)8-13/h2-5,7-9,16,24H,6,10H2,1H3,(H,21,23)/t16-/m1/s1. The van der Waals surface area contributed by atoms with Gasteiger partial charge in [0.25, 0.3) is 5.91 Å². The number of carbonyl (C=O) groups excluding carboxylic acids is 2. The maximum absolute atomic E-state index is 12.4. The van der Waals surface area contributed by atoms with Crippen LogP contribution >= 0.6 is 35.8 Å². The zero-order valence-electron chi connectivity index (χ0n) is 13.1. The van der Waals surface area contributed by atoms with E-state index in [1.54, 1.807) is 6.07 Å². The van der Waals surface area contributed by atoms with E-state index in [4.69, 9.17) is 23.2 Å². The van der Waals surface area contributed by atoms with Gasteiger partial charge in [-0.1, -0.05) is 53.0 Å². The molecule has 0 saturated carbocycles. The summed E-state index contributed by atoms with van der Waals surface area (Å²) in [5, 5.41) is 3.41. The molecule has 126 valence electrons. The number of hydrogen-bond donors (Lipinski definition) is 2. The lowest BCUT2D eigenvalue weighted by Gasteiger charge is -2.16. The van der Waals surface area contributed by atoms with Crippen molar-refractivity contribution in [2.75, 3.05) is 5.75 Å². The summed E-state index contributed by atoms with van der Waals surface area (Å²) >= 11 is 16.0. The third-order valence-corrected chi connectivity index (χ3v) is 4.26. The van der Waals surface area contributed by atoms with Crippen LogP contribution in [0.15, 0.2) is 42.5 Å². The predicted molar refractivity (Wildman–Crippen MR) is 101 cm³/mol. The van der Waals surface area contributed by atoms with E-state index in [0.717, 1.165) is 11.1 Å². The number of thiol groups is 1. The number of rotatable bonds is 6. The smallest absolute Gasteiger partial charge is 0.251 e. The van der Waals surface area contributed by atoms with Gasteiger partial charge in [0, 0.05) is 27.8 Å². The highest BCUT2D eigenvalue weighted by atomic mass is 35.5. The molecule has 2 aromatic rings. The van der Waals surface area contributed by atoms with Crippen molar-refractivity contribution in [3.05, 3.63) is 69.2 Å². The first kappa shape index (κ1) is 18.8. The lowest BCUT2D eigenvalue weighted by atomic mass is 10.0. The van der Waals surface area contributed by atoms with Gasteiger partial charge >= 0.3 is 0 Å². The van der Waals surface area contributed by atoms with Gasteiger partial charge < -0.3 is 5.32 Å². The van der Waals surface area contributed by atoms with E-state index in [1.165, 1.54) is 12.1 Å². The summed E-state index contributed by atoms with van der Waals surface area (Å²) < 4.78 is 0. The second-order valence-corrected chi connectivity index (χ2v) is 6.74. The lowest BCUT2D eigenvalue weighted by Crippen LogP contribution is -2.43. The van der Waals surface area contributed by atoms with Crippen molar-refractivity contribution < 1.29 is 9.59 Å². The Morgan fingerprint density at radius 3 is 2.38 bits per heavy atom. The number of halogens is 2. The third kappa shape index (κ3) is 5.26. The summed E-state index contributed by atoms with van der Waals surface area (Å²) in [5.74, 6) is -0.293. The highest BCUT2D eigenvalue weighted by Crippen LogP contribution is 2.19. The minimum Gasteiger partial charge on any atom is -0.341 e. The molecule has 0 aliphatic rings. The second-order valence-electron chi connectivity index (χ2n) is 5.50. The number of Topliss-reactive ketones (excluding diaryl/α,β-unsaturated/α-hetero) is 1. The van der Waals surface area contributed by atoms with E-state index >= 15 is 0 Å². The topological polar surface area (TPSA) is 46.2 Å². The lowest BCUT2D eigenvalue weighted by molar-refractivity contribution is -0.119. The van der Waals surface area contributed by atoms with Crippen molar-refractivity contribution in [3.63, 3.8) is 0 Å². The molecule has 0 aliphatic carbocycles. The Labute approximate surface area is 156 Å². The molecule has 0 saturated heterocycles. The monoisotopic (exact) mass is 381 g/mol. The van der Waals surface area contributed by atoms with Gasteiger partial charge in [-0.3, -0.25) is 9.59 Å². The van der Waals surface area contributed by atoms with Crippen molar-refractivity contribution in [1.82, 2.24) is 5.32 Å². The largest absolute Gasteiger partial charge is 0.341 e. The zero-order chi connectivity index (χ0) is 17.7. The summed E-state index contributed by atoms with van der Waals surface area (Å²) in [6.07, 6.45) is 0.240. The molecule has 3 nitrogen and oxygen atoms in total. The quantitative estimate of drug-likeness (QED) is 0.738. The van der Waals surface area contributed by atoms with Crippen LogP contribution in [0.5, 0.6) is 0 Å². The molecular formula is C18H17Cl2NO2S. The second kappa shape index (κ2) is 8.56. The van der Waals surface area contributed by atoms with Gasteiger partial charge in [-0.25, -0.2) is 0 Å². The highest BCUT2D eigenvalue weighted by molar-refractivity contribution is 7.80. The molecule has 1 atom stereocenters. The Kier molecular flexibility index (Phi) is 6.72. The summed E-state index contributed by atoms with van der Waals surface area (Å²) in [7, 11) is 0. The van der Waals surface area contributed by atoms with Crippen LogP contribution in [0.3, 0.4) is 0 Å². The molecule has 0 spiro atoms. The van der Waals surface area contributed by atoms with Crippen LogP contribution in [0.4, 0.5) is 0 Å². The first-order valence-corrected chi connectivity index (χ1v) is 8.74. The number of benzene rings is 2. The van der Waals surface area contributed by atoms with E-state index < -0.39 is 11.9 Å². The van der Waals surface area contributed by atoms with Crippen molar-refractivity contribution in [1.29, 1.82) is 0 Å². The molecule has 1 amide bonds. The van der Waals surface area contributed by atoms with E-state index in [1.807, 2.05) is 31.2 Å². The number of carbonyl (C=O) groups is 2. The van der Waals surface area contributed by atoms with Gasteiger partial charge in [-0.15, -0.1) is 0 Å². The van der Waals surface area contributed by atoms with E-state index in [2.05, 4.69) is 17.9 Å². The van der Waals surface area contributed by atoms with Crippen LogP contribution in [-0.4, -0.2) is 23.5 Å².